The molecule has 1 aromatic heterocycles. The molecule has 2 aromatic carbocycles. The number of carbonyl (C=O) groups excluding carboxylic acids is 1. The Morgan fingerprint density at radius 3 is 2.57 bits per heavy atom. The van der Waals surface area contributed by atoms with Gasteiger partial charge in [-0.05, 0) is 55.9 Å². The van der Waals surface area contributed by atoms with Crippen LogP contribution in [0.25, 0.3) is 11.3 Å². The molecule has 7 heteroatoms. The van der Waals surface area contributed by atoms with E-state index in [1.807, 2.05) is 48.5 Å². The number of benzene rings is 2. The minimum absolute atomic E-state index is 0.131. The highest BCUT2D eigenvalue weighted by atomic mass is 32.1. The zero-order valence-corrected chi connectivity index (χ0v) is 16.6. The molecule has 0 aliphatic heterocycles. The van der Waals surface area contributed by atoms with Crippen LogP contribution in [0.3, 0.4) is 0 Å². The normalized spacial score (nSPS) is 10.9. The van der Waals surface area contributed by atoms with Gasteiger partial charge in [0.1, 0.15) is 11.6 Å². The van der Waals surface area contributed by atoms with E-state index in [1.54, 1.807) is 12.1 Å². The molecule has 0 atom stereocenters. The number of rotatable bonds is 8. The second-order valence-corrected chi connectivity index (χ2v) is 7.20. The highest BCUT2D eigenvalue weighted by molar-refractivity contribution is 7.14. The maximum Gasteiger partial charge on any atom is 0.240 e. The Kier molecular flexibility index (Phi) is 6.73. The van der Waals surface area contributed by atoms with Crippen molar-refractivity contribution in [2.24, 2.45) is 0 Å². The Morgan fingerprint density at radius 2 is 1.89 bits per heavy atom. The average molecular weight is 399 g/mol. The molecule has 3 aromatic rings. The summed E-state index contributed by atoms with van der Waals surface area (Å²) in [6.45, 7) is 3.49. The van der Waals surface area contributed by atoms with Gasteiger partial charge in [0.2, 0.25) is 5.91 Å². The van der Waals surface area contributed by atoms with E-state index in [9.17, 15) is 9.18 Å². The zero-order chi connectivity index (χ0) is 19.9. The van der Waals surface area contributed by atoms with Gasteiger partial charge in [-0.2, -0.15) is 0 Å². The molecule has 1 heterocycles. The first-order chi connectivity index (χ1) is 13.5. The van der Waals surface area contributed by atoms with Gasteiger partial charge in [0.05, 0.1) is 18.8 Å². The van der Waals surface area contributed by atoms with Gasteiger partial charge in [0.25, 0.3) is 0 Å². The number of hydrogen-bond donors (Lipinski definition) is 1. The third kappa shape index (κ3) is 5.61. The number of thiazole rings is 1. The minimum atomic E-state index is -0.289. The molecule has 0 unspecified atom stereocenters. The summed E-state index contributed by atoms with van der Waals surface area (Å²) in [5.41, 5.74) is 2.63. The van der Waals surface area contributed by atoms with Crippen LogP contribution in [0.1, 0.15) is 12.5 Å². The Morgan fingerprint density at radius 1 is 1.18 bits per heavy atom. The molecular formula is C21H22FN3O2S. The van der Waals surface area contributed by atoms with E-state index < -0.39 is 0 Å². The number of ether oxygens (including phenoxy) is 1. The molecule has 146 valence electrons. The van der Waals surface area contributed by atoms with Crippen LogP contribution in [0.4, 0.5) is 9.52 Å². The Labute approximate surface area is 167 Å². The fraction of sp³-hybridized carbons (Fsp3) is 0.238. The van der Waals surface area contributed by atoms with Crippen LogP contribution in [0, 0.1) is 5.82 Å². The number of amides is 1. The number of anilines is 1. The van der Waals surface area contributed by atoms with Gasteiger partial charge in [-0.15, -0.1) is 11.3 Å². The van der Waals surface area contributed by atoms with E-state index >= 15 is 0 Å². The zero-order valence-electron chi connectivity index (χ0n) is 15.8. The second kappa shape index (κ2) is 9.43. The molecule has 0 fully saturated rings. The standard InChI is InChI=1S/C21H22FN3O2S/c1-3-27-18-10-4-15(5-11-18)12-25(2)13-20(26)24-21-23-19(14-28-21)16-6-8-17(22)9-7-16/h4-11,14H,3,12-13H2,1-2H3,(H,23,24,26). The lowest BCUT2D eigenvalue weighted by molar-refractivity contribution is -0.117. The Hall–Kier alpha value is -2.77. The van der Waals surface area contributed by atoms with Gasteiger partial charge >= 0.3 is 0 Å². The Bertz CT molecular complexity index is 910. The smallest absolute Gasteiger partial charge is 0.240 e. The SMILES string of the molecule is CCOc1ccc(CN(C)CC(=O)Nc2nc(-c3ccc(F)cc3)cs2)cc1. The van der Waals surface area contributed by atoms with Gasteiger partial charge in [0.15, 0.2) is 5.13 Å². The minimum Gasteiger partial charge on any atom is -0.494 e. The van der Waals surface area contributed by atoms with Crippen molar-refractivity contribution in [1.29, 1.82) is 0 Å². The molecule has 0 bridgehead atoms. The van der Waals surface area contributed by atoms with E-state index in [4.69, 9.17) is 4.74 Å². The van der Waals surface area contributed by atoms with Crippen molar-refractivity contribution in [3.63, 3.8) is 0 Å². The summed E-state index contributed by atoms with van der Waals surface area (Å²) in [7, 11) is 1.89. The summed E-state index contributed by atoms with van der Waals surface area (Å²) in [5, 5.41) is 5.19. The molecule has 0 radical (unpaired) electrons. The van der Waals surface area contributed by atoms with E-state index in [-0.39, 0.29) is 18.3 Å². The van der Waals surface area contributed by atoms with Gasteiger partial charge in [-0.1, -0.05) is 12.1 Å². The molecule has 28 heavy (non-hydrogen) atoms. The summed E-state index contributed by atoms with van der Waals surface area (Å²) in [6, 6.07) is 14.0. The number of likely N-dealkylation sites (N-methyl/N-ethyl adjacent to an activating group) is 1. The van der Waals surface area contributed by atoms with Crippen LogP contribution in [-0.4, -0.2) is 36.0 Å². The highest BCUT2D eigenvalue weighted by Gasteiger charge is 2.11. The summed E-state index contributed by atoms with van der Waals surface area (Å²) in [4.78, 5) is 18.6. The van der Waals surface area contributed by atoms with E-state index in [0.29, 0.717) is 24.0 Å². The number of nitrogens with zero attached hydrogens (tertiary/aromatic N) is 2. The first kappa shape index (κ1) is 20.0. The third-order valence-electron chi connectivity index (χ3n) is 3.99. The second-order valence-electron chi connectivity index (χ2n) is 6.34. The van der Waals surface area contributed by atoms with Gasteiger partial charge in [0, 0.05) is 17.5 Å². The molecule has 0 aliphatic carbocycles. The highest BCUT2D eigenvalue weighted by Crippen LogP contribution is 2.25. The maximum atomic E-state index is 13.0. The number of carbonyl (C=O) groups is 1. The topological polar surface area (TPSA) is 54.5 Å². The summed E-state index contributed by atoms with van der Waals surface area (Å²) >= 11 is 1.34. The lowest BCUT2D eigenvalue weighted by atomic mass is 10.2. The number of nitrogens with one attached hydrogen (secondary N) is 1. The fourth-order valence-electron chi connectivity index (χ4n) is 2.71. The Balaban J connectivity index is 1.51. The van der Waals surface area contributed by atoms with Crippen LogP contribution in [-0.2, 0) is 11.3 Å². The monoisotopic (exact) mass is 399 g/mol. The van der Waals surface area contributed by atoms with Crippen molar-refractivity contribution in [1.82, 2.24) is 9.88 Å². The van der Waals surface area contributed by atoms with Crippen molar-refractivity contribution in [2.75, 3.05) is 25.5 Å². The van der Waals surface area contributed by atoms with Gasteiger partial charge in [-0.25, -0.2) is 9.37 Å². The van der Waals surface area contributed by atoms with Gasteiger partial charge < -0.3 is 10.1 Å². The molecule has 1 N–H and O–H groups in total. The van der Waals surface area contributed by atoms with E-state index in [2.05, 4.69) is 10.3 Å². The lowest BCUT2D eigenvalue weighted by Crippen LogP contribution is -2.29. The summed E-state index contributed by atoms with van der Waals surface area (Å²) < 4.78 is 18.5. The van der Waals surface area contributed by atoms with Crippen LogP contribution in [0.5, 0.6) is 5.75 Å². The first-order valence-corrected chi connectivity index (χ1v) is 9.83. The van der Waals surface area contributed by atoms with Crippen LogP contribution >= 0.6 is 11.3 Å². The summed E-state index contributed by atoms with van der Waals surface area (Å²) in [6.07, 6.45) is 0. The fourth-order valence-corrected chi connectivity index (χ4v) is 3.45. The third-order valence-corrected chi connectivity index (χ3v) is 4.75. The predicted octanol–water partition coefficient (Wildman–Crippen LogP) is 4.42. The van der Waals surface area contributed by atoms with Crippen molar-refractivity contribution >= 4 is 22.4 Å². The number of halogens is 1. The first-order valence-electron chi connectivity index (χ1n) is 8.95. The van der Waals surface area contributed by atoms with Crippen molar-refractivity contribution in [2.45, 2.75) is 13.5 Å². The number of hydrogen-bond acceptors (Lipinski definition) is 5. The molecular weight excluding hydrogens is 377 g/mol. The van der Waals surface area contributed by atoms with Crippen LogP contribution in [0.2, 0.25) is 0 Å². The van der Waals surface area contributed by atoms with Crippen LogP contribution in [0.15, 0.2) is 53.9 Å². The molecule has 0 aliphatic rings. The molecule has 3 rings (SSSR count). The largest absolute Gasteiger partial charge is 0.494 e. The van der Waals surface area contributed by atoms with E-state index in [0.717, 1.165) is 16.9 Å². The van der Waals surface area contributed by atoms with Crippen molar-refractivity contribution in [3.8, 4) is 17.0 Å². The molecule has 0 spiro atoms. The van der Waals surface area contributed by atoms with Gasteiger partial charge in [-0.3, -0.25) is 9.69 Å². The maximum absolute atomic E-state index is 13.0. The lowest BCUT2D eigenvalue weighted by Gasteiger charge is -2.16. The average Bonchev–Trinajstić information content (AvgIpc) is 3.12. The van der Waals surface area contributed by atoms with Crippen molar-refractivity contribution < 1.29 is 13.9 Å². The number of aromatic nitrogens is 1. The quantitative estimate of drug-likeness (QED) is 0.609. The molecule has 1 amide bonds. The summed E-state index contributed by atoms with van der Waals surface area (Å²) in [5.74, 6) is 0.420. The van der Waals surface area contributed by atoms with Crippen molar-refractivity contribution in [3.05, 3.63) is 65.3 Å². The molecule has 0 saturated heterocycles. The predicted molar refractivity (Wildman–Crippen MR) is 110 cm³/mol. The van der Waals surface area contributed by atoms with E-state index in [1.165, 1.54) is 23.5 Å². The molecule has 0 saturated carbocycles. The van der Waals surface area contributed by atoms with Crippen LogP contribution < -0.4 is 10.1 Å². The molecule has 5 nitrogen and oxygen atoms in total.